The summed E-state index contributed by atoms with van der Waals surface area (Å²) in [6.45, 7) is 4.05. The van der Waals surface area contributed by atoms with Crippen molar-refractivity contribution in [3.8, 4) is 0 Å². The second kappa shape index (κ2) is 6.52. The first-order valence-corrected chi connectivity index (χ1v) is 7.62. The van der Waals surface area contributed by atoms with E-state index in [0.29, 0.717) is 11.4 Å². The molecule has 2 heterocycles. The lowest BCUT2D eigenvalue weighted by atomic mass is 10.1. The number of pyridine rings is 1. The number of amides is 1. The maximum absolute atomic E-state index is 12.3. The largest absolute Gasteiger partial charge is 0.384 e. The number of nitrogen functional groups attached to an aromatic ring is 1. The normalized spacial score (nSPS) is 12.1. The second-order valence-electron chi connectivity index (χ2n) is 4.58. The summed E-state index contributed by atoms with van der Waals surface area (Å²) in [6, 6.07) is 7.50. The van der Waals surface area contributed by atoms with Crippen LogP contribution in [-0.4, -0.2) is 10.9 Å². The zero-order valence-electron chi connectivity index (χ0n) is 11.7. The molecule has 0 spiro atoms. The quantitative estimate of drug-likeness (QED) is 0.888. The zero-order chi connectivity index (χ0) is 14.5. The SMILES string of the molecule is CCc1cc(C(=O)NC(CC)c2cccs2)cc(N)n1. The number of thiophene rings is 1. The van der Waals surface area contributed by atoms with Crippen LogP contribution in [0.5, 0.6) is 0 Å². The summed E-state index contributed by atoms with van der Waals surface area (Å²) in [5, 5.41) is 5.07. The van der Waals surface area contributed by atoms with Crippen LogP contribution in [0.15, 0.2) is 29.6 Å². The lowest BCUT2D eigenvalue weighted by Crippen LogP contribution is -2.28. The highest BCUT2D eigenvalue weighted by Crippen LogP contribution is 2.22. The summed E-state index contributed by atoms with van der Waals surface area (Å²) in [5.74, 6) is 0.285. The number of nitrogens with two attached hydrogens (primary N) is 1. The molecule has 0 saturated heterocycles. The number of carbonyl (C=O) groups excluding carboxylic acids is 1. The Bertz CT molecular complexity index is 581. The molecule has 1 amide bonds. The standard InChI is InChI=1S/C15H19N3OS/c1-3-11-8-10(9-14(16)17-11)15(19)18-12(4-2)13-6-5-7-20-13/h5-9,12H,3-4H2,1-2H3,(H2,16,17)(H,18,19). The van der Waals surface area contributed by atoms with Gasteiger partial charge < -0.3 is 11.1 Å². The fraction of sp³-hybridized carbons (Fsp3) is 0.333. The number of rotatable bonds is 5. The van der Waals surface area contributed by atoms with Gasteiger partial charge in [0.2, 0.25) is 0 Å². The van der Waals surface area contributed by atoms with Crippen LogP contribution in [0.25, 0.3) is 0 Å². The molecule has 4 nitrogen and oxygen atoms in total. The van der Waals surface area contributed by atoms with E-state index in [-0.39, 0.29) is 11.9 Å². The summed E-state index contributed by atoms with van der Waals surface area (Å²) in [5.41, 5.74) is 7.15. The van der Waals surface area contributed by atoms with Crippen LogP contribution in [0.3, 0.4) is 0 Å². The minimum atomic E-state index is -0.103. The van der Waals surface area contributed by atoms with E-state index in [1.165, 1.54) is 4.88 Å². The molecule has 0 bridgehead atoms. The molecule has 2 aromatic heterocycles. The number of anilines is 1. The van der Waals surface area contributed by atoms with Crippen molar-refractivity contribution in [1.29, 1.82) is 0 Å². The monoisotopic (exact) mass is 289 g/mol. The van der Waals surface area contributed by atoms with Crippen LogP contribution in [0.4, 0.5) is 5.82 Å². The Morgan fingerprint density at radius 2 is 2.25 bits per heavy atom. The molecule has 1 unspecified atom stereocenters. The molecular weight excluding hydrogens is 270 g/mol. The molecule has 0 aliphatic heterocycles. The Balaban J connectivity index is 2.17. The van der Waals surface area contributed by atoms with Gasteiger partial charge in [-0.3, -0.25) is 4.79 Å². The average Bonchev–Trinajstić information content (AvgIpc) is 2.97. The highest BCUT2D eigenvalue weighted by atomic mass is 32.1. The number of carbonyl (C=O) groups is 1. The molecule has 20 heavy (non-hydrogen) atoms. The Hall–Kier alpha value is -1.88. The molecule has 2 aromatic rings. The molecule has 2 rings (SSSR count). The van der Waals surface area contributed by atoms with E-state index in [0.717, 1.165) is 18.5 Å². The van der Waals surface area contributed by atoms with Crippen molar-refractivity contribution >= 4 is 23.1 Å². The van der Waals surface area contributed by atoms with Gasteiger partial charge in [0.1, 0.15) is 5.82 Å². The minimum Gasteiger partial charge on any atom is -0.384 e. The molecule has 3 N–H and O–H groups in total. The van der Waals surface area contributed by atoms with E-state index in [9.17, 15) is 4.79 Å². The van der Waals surface area contributed by atoms with Crippen LogP contribution in [0.1, 0.15) is 47.2 Å². The summed E-state index contributed by atoms with van der Waals surface area (Å²) >= 11 is 1.65. The van der Waals surface area contributed by atoms with Gasteiger partial charge in [-0.05, 0) is 36.4 Å². The van der Waals surface area contributed by atoms with E-state index in [2.05, 4.69) is 17.2 Å². The molecule has 0 aliphatic carbocycles. The van der Waals surface area contributed by atoms with E-state index in [1.807, 2.05) is 24.4 Å². The molecule has 0 saturated carbocycles. The van der Waals surface area contributed by atoms with Crippen molar-refractivity contribution in [3.63, 3.8) is 0 Å². The summed E-state index contributed by atoms with van der Waals surface area (Å²) in [7, 11) is 0. The van der Waals surface area contributed by atoms with Gasteiger partial charge in [-0.1, -0.05) is 19.9 Å². The van der Waals surface area contributed by atoms with Crippen molar-refractivity contribution < 1.29 is 4.79 Å². The van der Waals surface area contributed by atoms with Crippen molar-refractivity contribution in [2.75, 3.05) is 5.73 Å². The summed E-state index contributed by atoms with van der Waals surface area (Å²) < 4.78 is 0. The highest BCUT2D eigenvalue weighted by molar-refractivity contribution is 7.10. The number of hydrogen-bond donors (Lipinski definition) is 2. The van der Waals surface area contributed by atoms with Crippen molar-refractivity contribution in [1.82, 2.24) is 10.3 Å². The molecular formula is C15H19N3OS. The third-order valence-corrected chi connectivity index (χ3v) is 4.11. The fourth-order valence-corrected chi connectivity index (χ4v) is 2.89. The van der Waals surface area contributed by atoms with E-state index in [1.54, 1.807) is 23.5 Å². The highest BCUT2D eigenvalue weighted by Gasteiger charge is 2.15. The lowest BCUT2D eigenvalue weighted by Gasteiger charge is -2.16. The topological polar surface area (TPSA) is 68.0 Å². The van der Waals surface area contributed by atoms with E-state index >= 15 is 0 Å². The molecule has 0 aromatic carbocycles. The van der Waals surface area contributed by atoms with Gasteiger partial charge in [0.05, 0.1) is 6.04 Å². The zero-order valence-corrected chi connectivity index (χ0v) is 12.5. The first kappa shape index (κ1) is 14.5. The molecule has 0 aliphatic rings. The van der Waals surface area contributed by atoms with Crippen LogP contribution < -0.4 is 11.1 Å². The predicted octanol–water partition coefficient (Wildman–Crippen LogP) is 3.17. The number of aromatic nitrogens is 1. The van der Waals surface area contributed by atoms with Gasteiger partial charge in [-0.25, -0.2) is 4.98 Å². The van der Waals surface area contributed by atoms with Gasteiger partial charge >= 0.3 is 0 Å². The molecule has 106 valence electrons. The van der Waals surface area contributed by atoms with E-state index < -0.39 is 0 Å². The maximum atomic E-state index is 12.3. The smallest absolute Gasteiger partial charge is 0.251 e. The fourth-order valence-electron chi connectivity index (χ4n) is 2.03. The van der Waals surface area contributed by atoms with Crippen LogP contribution in [0, 0.1) is 0 Å². The Labute approximate surface area is 123 Å². The predicted molar refractivity (Wildman–Crippen MR) is 82.8 cm³/mol. The van der Waals surface area contributed by atoms with Crippen molar-refractivity contribution in [2.45, 2.75) is 32.7 Å². The van der Waals surface area contributed by atoms with E-state index in [4.69, 9.17) is 5.73 Å². The average molecular weight is 289 g/mol. The Morgan fingerprint density at radius 1 is 1.45 bits per heavy atom. The van der Waals surface area contributed by atoms with Crippen molar-refractivity contribution in [3.05, 3.63) is 45.8 Å². The number of hydrogen-bond acceptors (Lipinski definition) is 4. The van der Waals surface area contributed by atoms with Crippen LogP contribution in [-0.2, 0) is 6.42 Å². The van der Waals surface area contributed by atoms with Gasteiger partial charge in [0.25, 0.3) is 5.91 Å². The summed E-state index contributed by atoms with van der Waals surface area (Å²) in [6.07, 6.45) is 1.61. The third kappa shape index (κ3) is 3.36. The molecule has 5 heteroatoms. The van der Waals surface area contributed by atoms with Crippen LogP contribution >= 0.6 is 11.3 Å². The van der Waals surface area contributed by atoms with Gasteiger partial charge in [0, 0.05) is 16.1 Å². The second-order valence-corrected chi connectivity index (χ2v) is 5.55. The first-order chi connectivity index (χ1) is 9.63. The van der Waals surface area contributed by atoms with Gasteiger partial charge in [-0.15, -0.1) is 11.3 Å². The minimum absolute atomic E-state index is 0.0435. The summed E-state index contributed by atoms with van der Waals surface area (Å²) in [4.78, 5) is 17.7. The van der Waals surface area contributed by atoms with Gasteiger partial charge in [0.15, 0.2) is 0 Å². The van der Waals surface area contributed by atoms with Gasteiger partial charge in [-0.2, -0.15) is 0 Å². The maximum Gasteiger partial charge on any atom is 0.251 e. The Kier molecular flexibility index (Phi) is 4.74. The Morgan fingerprint density at radius 3 is 2.85 bits per heavy atom. The number of nitrogens with zero attached hydrogens (tertiary/aromatic N) is 1. The third-order valence-electron chi connectivity index (χ3n) is 3.12. The number of nitrogens with one attached hydrogen (secondary N) is 1. The van der Waals surface area contributed by atoms with Crippen LogP contribution in [0.2, 0.25) is 0 Å². The number of aryl methyl sites for hydroxylation is 1. The molecule has 0 fully saturated rings. The first-order valence-electron chi connectivity index (χ1n) is 6.74. The molecule has 0 radical (unpaired) electrons. The lowest BCUT2D eigenvalue weighted by molar-refractivity contribution is 0.0936. The molecule has 1 atom stereocenters. The van der Waals surface area contributed by atoms with Crippen molar-refractivity contribution in [2.24, 2.45) is 0 Å².